The lowest BCUT2D eigenvalue weighted by Crippen LogP contribution is -2.46. The van der Waals surface area contributed by atoms with Crippen LogP contribution in [-0.2, 0) is 14.1 Å². The van der Waals surface area contributed by atoms with Crippen molar-refractivity contribution in [2.45, 2.75) is 37.8 Å². The standard InChI is InChI=1S/C11H19N5O2/c1-15-10(17)9(14-16(2)11(15)18)13-8-6-4-3-5-7(8)12/h7-8H,3-6,12H2,1-2H3,(H,13,14)/t7-,8+/m0/s1. The smallest absolute Gasteiger partial charge is 0.346 e. The van der Waals surface area contributed by atoms with E-state index in [1.54, 1.807) is 0 Å². The zero-order chi connectivity index (χ0) is 13.3. The van der Waals surface area contributed by atoms with Crippen LogP contribution < -0.4 is 22.3 Å². The van der Waals surface area contributed by atoms with Crippen molar-refractivity contribution in [3.05, 3.63) is 20.8 Å². The highest BCUT2D eigenvalue weighted by atomic mass is 16.2. The van der Waals surface area contributed by atoms with E-state index in [1.165, 1.54) is 14.1 Å². The van der Waals surface area contributed by atoms with Crippen molar-refractivity contribution in [1.82, 2.24) is 14.3 Å². The van der Waals surface area contributed by atoms with Gasteiger partial charge in [0, 0.05) is 26.2 Å². The molecule has 0 saturated heterocycles. The molecule has 7 nitrogen and oxygen atoms in total. The van der Waals surface area contributed by atoms with Gasteiger partial charge in [-0.3, -0.25) is 9.36 Å². The summed E-state index contributed by atoms with van der Waals surface area (Å²) >= 11 is 0. The molecule has 0 bridgehead atoms. The molecular formula is C11H19N5O2. The van der Waals surface area contributed by atoms with Crippen LogP contribution in [0, 0.1) is 0 Å². The van der Waals surface area contributed by atoms with Gasteiger partial charge in [-0.15, -0.1) is 5.10 Å². The summed E-state index contributed by atoms with van der Waals surface area (Å²) in [6.45, 7) is 0. The maximum absolute atomic E-state index is 11.9. The van der Waals surface area contributed by atoms with Gasteiger partial charge in [0.2, 0.25) is 5.82 Å². The molecule has 0 spiro atoms. The van der Waals surface area contributed by atoms with E-state index in [0.29, 0.717) is 0 Å². The van der Waals surface area contributed by atoms with Crippen molar-refractivity contribution < 1.29 is 0 Å². The number of aryl methyl sites for hydroxylation is 1. The fourth-order valence-electron chi connectivity index (χ4n) is 2.30. The highest BCUT2D eigenvalue weighted by Crippen LogP contribution is 2.18. The lowest BCUT2D eigenvalue weighted by Gasteiger charge is -2.29. The first-order valence-corrected chi connectivity index (χ1v) is 6.17. The van der Waals surface area contributed by atoms with Crippen molar-refractivity contribution in [1.29, 1.82) is 0 Å². The van der Waals surface area contributed by atoms with Crippen LogP contribution in [-0.4, -0.2) is 26.4 Å². The van der Waals surface area contributed by atoms with Crippen molar-refractivity contribution in [2.24, 2.45) is 19.8 Å². The Morgan fingerprint density at radius 1 is 1.28 bits per heavy atom. The molecule has 1 fully saturated rings. The summed E-state index contributed by atoms with van der Waals surface area (Å²) in [5, 5.41) is 7.04. The second-order valence-corrected chi connectivity index (χ2v) is 4.82. The number of rotatable bonds is 2. The topological polar surface area (TPSA) is 94.9 Å². The third kappa shape index (κ3) is 2.31. The fraction of sp³-hybridized carbons (Fsp3) is 0.727. The van der Waals surface area contributed by atoms with E-state index in [2.05, 4.69) is 10.4 Å². The number of nitrogens with two attached hydrogens (primary N) is 1. The SMILES string of the molecule is Cn1nc(N[C@@H]2CCCC[C@@H]2N)c(=O)n(C)c1=O. The summed E-state index contributed by atoms with van der Waals surface area (Å²) in [5.74, 6) is 0.196. The van der Waals surface area contributed by atoms with Crippen LogP contribution in [0.25, 0.3) is 0 Å². The molecule has 1 saturated carbocycles. The number of aromatic nitrogens is 3. The molecular weight excluding hydrogens is 234 g/mol. The minimum atomic E-state index is -0.432. The summed E-state index contributed by atoms with van der Waals surface area (Å²) in [6, 6.07) is 0.0824. The third-order valence-electron chi connectivity index (χ3n) is 3.46. The zero-order valence-electron chi connectivity index (χ0n) is 10.7. The van der Waals surface area contributed by atoms with Crippen LogP contribution in [0.1, 0.15) is 25.7 Å². The fourth-order valence-corrected chi connectivity index (χ4v) is 2.30. The molecule has 2 rings (SSSR count). The lowest BCUT2D eigenvalue weighted by molar-refractivity contribution is 0.401. The lowest BCUT2D eigenvalue weighted by atomic mass is 9.91. The minimum absolute atomic E-state index is 0.0301. The van der Waals surface area contributed by atoms with Gasteiger partial charge in [-0.25, -0.2) is 9.48 Å². The zero-order valence-corrected chi connectivity index (χ0v) is 10.7. The molecule has 0 amide bonds. The second-order valence-electron chi connectivity index (χ2n) is 4.82. The highest BCUT2D eigenvalue weighted by molar-refractivity contribution is 5.32. The highest BCUT2D eigenvalue weighted by Gasteiger charge is 2.23. The summed E-state index contributed by atoms with van der Waals surface area (Å²) in [4.78, 5) is 23.4. The molecule has 0 aromatic carbocycles. The van der Waals surface area contributed by atoms with Crippen molar-refractivity contribution in [3.8, 4) is 0 Å². The van der Waals surface area contributed by atoms with Gasteiger partial charge >= 0.3 is 5.69 Å². The number of anilines is 1. The molecule has 1 aliphatic carbocycles. The van der Waals surface area contributed by atoms with E-state index in [0.717, 1.165) is 34.9 Å². The van der Waals surface area contributed by atoms with Crippen LogP contribution in [0.15, 0.2) is 9.59 Å². The van der Waals surface area contributed by atoms with Crippen LogP contribution in [0.3, 0.4) is 0 Å². The number of hydrogen-bond acceptors (Lipinski definition) is 5. The molecule has 7 heteroatoms. The molecule has 1 heterocycles. The molecule has 2 atom stereocenters. The predicted molar refractivity (Wildman–Crippen MR) is 68.6 cm³/mol. The van der Waals surface area contributed by atoms with E-state index >= 15 is 0 Å². The maximum atomic E-state index is 11.9. The first-order valence-electron chi connectivity index (χ1n) is 6.17. The molecule has 0 radical (unpaired) electrons. The molecule has 100 valence electrons. The Bertz CT molecular complexity index is 547. The Kier molecular flexibility index (Phi) is 3.51. The van der Waals surface area contributed by atoms with Crippen molar-refractivity contribution in [3.63, 3.8) is 0 Å². The Morgan fingerprint density at radius 2 is 1.94 bits per heavy atom. The van der Waals surface area contributed by atoms with Gasteiger partial charge in [0.25, 0.3) is 5.56 Å². The second kappa shape index (κ2) is 4.93. The third-order valence-corrected chi connectivity index (χ3v) is 3.46. The van der Waals surface area contributed by atoms with Crippen LogP contribution in [0.5, 0.6) is 0 Å². The summed E-state index contributed by atoms with van der Waals surface area (Å²) in [7, 11) is 2.96. The molecule has 1 aliphatic rings. The summed E-state index contributed by atoms with van der Waals surface area (Å²) < 4.78 is 2.20. The predicted octanol–water partition coefficient (Wildman–Crippen LogP) is -0.839. The largest absolute Gasteiger partial charge is 0.360 e. The maximum Gasteiger partial charge on any atom is 0.346 e. The normalized spacial score (nSPS) is 23.9. The Balaban J connectivity index is 2.29. The Labute approximate surface area is 105 Å². The van der Waals surface area contributed by atoms with Gasteiger partial charge in [-0.2, -0.15) is 0 Å². The number of hydrogen-bond donors (Lipinski definition) is 2. The first-order chi connectivity index (χ1) is 8.50. The van der Waals surface area contributed by atoms with Gasteiger partial charge in [-0.1, -0.05) is 12.8 Å². The van der Waals surface area contributed by atoms with E-state index in [-0.39, 0.29) is 17.9 Å². The van der Waals surface area contributed by atoms with E-state index in [1.807, 2.05) is 0 Å². The number of nitrogens with zero attached hydrogens (tertiary/aromatic N) is 3. The molecule has 0 aliphatic heterocycles. The van der Waals surface area contributed by atoms with Crippen LogP contribution >= 0.6 is 0 Å². The average molecular weight is 253 g/mol. The number of nitrogens with one attached hydrogen (secondary N) is 1. The Morgan fingerprint density at radius 3 is 2.61 bits per heavy atom. The van der Waals surface area contributed by atoms with Crippen LogP contribution in [0.4, 0.5) is 5.82 Å². The molecule has 1 aromatic heterocycles. The molecule has 18 heavy (non-hydrogen) atoms. The van der Waals surface area contributed by atoms with Gasteiger partial charge < -0.3 is 11.1 Å². The van der Waals surface area contributed by atoms with Gasteiger partial charge in [0.15, 0.2) is 0 Å². The van der Waals surface area contributed by atoms with Crippen LogP contribution in [0.2, 0.25) is 0 Å². The summed E-state index contributed by atoms with van der Waals surface area (Å²) in [6.07, 6.45) is 4.09. The molecule has 3 N–H and O–H groups in total. The minimum Gasteiger partial charge on any atom is -0.360 e. The van der Waals surface area contributed by atoms with Crippen molar-refractivity contribution >= 4 is 5.82 Å². The van der Waals surface area contributed by atoms with E-state index in [4.69, 9.17) is 5.73 Å². The quantitative estimate of drug-likeness (QED) is 0.716. The van der Waals surface area contributed by atoms with Gasteiger partial charge in [-0.05, 0) is 12.8 Å². The van der Waals surface area contributed by atoms with Gasteiger partial charge in [0.1, 0.15) is 0 Å². The van der Waals surface area contributed by atoms with E-state index < -0.39 is 11.2 Å². The van der Waals surface area contributed by atoms with Gasteiger partial charge in [0.05, 0.1) is 0 Å². The molecule has 0 unspecified atom stereocenters. The van der Waals surface area contributed by atoms with Crippen molar-refractivity contribution in [2.75, 3.05) is 5.32 Å². The van der Waals surface area contributed by atoms with E-state index in [9.17, 15) is 9.59 Å². The first kappa shape index (κ1) is 12.8. The Hall–Kier alpha value is -1.63. The average Bonchev–Trinajstić information content (AvgIpc) is 2.36. The monoisotopic (exact) mass is 253 g/mol. The molecule has 1 aromatic rings. The summed E-state index contributed by atoms with van der Waals surface area (Å²) in [5.41, 5.74) is 5.18.